The van der Waals surface area contributed by atoms with E-state index in [1.54, 1.807) is 13.2 Å². The van der Waals surface area contributed by atoms with E-state index in [9.17, 15) is 4.39 Å². The van der Waals surface area contributed by atoms with Crippen LogP contribution in [-0.4, -0.2) is 7.11 Å². The topological polar surface area (TPSA) is 9.23 Å². The molecule has 0 aromatic heterocycles. The normalized spacial score (nSPS) is 28.1. The summed E-state index contributed by atoms with van der Waals surface area (Å²) in [6.45, 7) is 2.61. The van der Waals surface area contributed by atoms with Gasteiger partial charge in [0.2, 0.25) is 0 Å². The van der Waals surface area contributed by atoms with Crippen molar-refractivity contribution in [2.45, 2.75) is 96.5 Å². The van der Waals surface area contributed by atoms with Crippen molar-refractivity contribution in [3.05, 3.63) is 47.3 Å². The molecule has 1 aromatic rings. The second-order valence-electron chi connectivity index (χ2n) is 9.58. The summed E-state index contributed by atoms with van der Waals surface area (Å²) in [4.78, 5) is 0. The lowest BCUT2D eigenvalue weighted by atomic mass is 9.74. The Morgan fingerprint density at radius 2 is 1.62 bits per heavy atom. The summed E-state index contributed by atoms with van der Waals surface area (Å²) in [5.74, 6) is 3.15. The number of rotatable bonds is 9. The maximum Gasteiger partial charge on any atom is 0.129 e. The third-order valence-electron chi connectivity index (χ3n) is 7.43. The van der Waals surface area contributed by atoms with Gasteiger partial charge in [-0.1, -0.05) is 50.5 Å². The Labute approximate surface area is 178 Å². The fourth-order valence-electron chi connectivity index (χ4n) is 5.47. The van der Waals surface area contributed by atoms with Gasteiger partial charge in [-0.3, -0.25) is 0 Å². The molecule has 1 nitrogen and oxygen atoms in total. The monoisotopic (exact) mass is 400 g/mol. The SMILES string of the molecule is CCC/C=C/[C@H]1CC[C@H](CCC2CCC(c3ccc(COC)c(F)c3)CC2)CC1. The summed E-state index contributed by atoms with van der Waals surface area (Å²) in [5.41, 5.74) is 1.86. The molecular weight excluding hydrogens is 359 g/mol. The van der Waals surface area contributed by atoms with Gasteiger partial charge in [0.1, 0.15) is 5.82 Å². The lowest BCUT2D eigenvalue weighted by Gasteiger charge is -2.31. The third-order valence-corrected chi connectivity index (χ3v) is 7.43. The molecule has 0 saturated heterocycles. The molecule has 0 radical (unpaired) electrons. The molecule has 0 unspecified atom stereocenters. The molecule has 2 heteroatoms. The second kappa shape index (κ2) is 11.9. The Morgan fingerprint density at radius 1 is 0.966 bits per heavy atom. The van der Waals surface area contributed by atoms with Crippen molar-refractivity contribution in [2.75, 3.05) is 7.11 Å². The molecular formula is C27H41FO. The van der Waals surface area contributed by atoms with Crippen LogP contribution in [0.4, 0.5) is 4.39 Å². The molecule has 0 heterocycles. The molecule has 29 heavy (non-hydrogen) atoms. The zero-order valence-electron chi connectivity index (χ0n) is 18.7. The van der Waals surface area contributed by atoms with Crippen molar-refractivity contribution in [1.82, 2.24) is 0 Å². The highest BCUT2D eigenvalue weighted by Crippen LogP contribution is 2.40. The standard InChI is InChI=1S/C27H41FO/c1-3-4-5-6-21-7-9-22(10-8-21)11-12-23-13-15-24(16-14-23)25-17-18-26(20-29-2)27(28)19-25/h5-6,17-19,21-24H,3-4,7-16,20H2,1-2H3/b6-5+/t21-,22-,23?,24?. The minimum absolute atomic E-state index is 0.105. The van der Waals surface area contributed by atoms with Crippen molar-refractivity contribution in [3.63, 3.8) is 0 Å². The summed E-state index contributed by atoms with van der Waals surface area (Å²) in [7, 11) is 1.62. The van der Waals surface area contributed by atoms with Gasteiger partial charge in [-0.15, -0.1) is 0 Å². The van der Waals surface area contributed by atoms with E-state index in [1.807, 2.05) is 6.07 Å². The zero-order chi connectivity index (χ0) is 20.5. The van der Waals surface area contributed by atoms with E-state index in [2.05, 4.69) is 25.1 Å². The predicted octanol–water partition coefficient (Wildman–Crippen LogP) is 8.19. The molecule has 162 valence electrons. The molecule has 0 aliphatic heterocycles. The Balaban J connectivity index is 1.36. The molecule has 0 bridgehead atoms. The number of methoxy groups -OCH3 is 1. The van der Waals surface area contributed by atoms with E-state index in [0.29, 0.717) is 18.1 Å². The Bertz CT molecular complexity index is 621. The lowest BCUT2D eigenvalue weighted by Crippen LogP contribution is -2.17. The molecule has 1 aromatic carbocycles. The van der Waals surface area contributed by atoms with Crippen LogP contribution in [0.3, 0.4) is 0 Å². The quantitative estimate of drug-likeness (QED) is 0.380. The minimum atomic E-state index is -0.105. The van der Waals surface area contributed by atoms with Crippen LogP contribution in [0, 0.1) is 23.6 Å². The fourth-order valence-corrected chi connectivity index (χ4v) is 5.47. The first-order chi connectivity index (χ1) is 14.2. The van der Waals surface area contributed by atoms with Crippen molar-refractivity contribution >= 4 is 0 Å². The first kappa shape index (κ1) is 22.5. The Morgan fingerprint density at radius 3 is 2.21 bits per heavy atom. The maximum absolute atomic E-state index is 14.2. The Kier molecular flexibility index (Phi) is 9.24. The molecule has 2 fully saturated rings. The van der Waals surface area contributed by atoms with Gasteiger partial charge in [0.25, 0.3) is 0 Å². The van der Waals surface area contributed by atoms with Crippen molar-refractivity contribution in [2.24, 2.45) is 17.8 Å². The van der Waals surface area contributed by atoms with Gasteiger partial charge in [0, 0.05) is 12.7 Å². The molecule has 3 rings (SSSR count). The number of allylic oxidation sites excluding steroid dienone is 2. The molecule has 0 atom stereocenters. The lowest BCUT2D eigenvalue weighted by molar-refractivity contribution is 0.181. The molecule has 0 N–H and O–H groups in total. The van der Waals surface area contributed by atoms with Gasteiger partial charge in [0.05, 0.1) is 6.61 Å². The molecule has 0 spiro atoms. The molecule has 2 saturated carbocycles. The van der Waals surface area contributed by atoms with Gasteiger partial charge < -0.3 is 4.74 Å². The fraction of sp³-hybridized carbons (Fsp3) is 0.704. The number of halogens is 1. The highest BCUT2D eigenvalue weighted by molar-refractivity contribution is 5.27. The minimum Gasteiger partial charge on any atom is -0.380 e. The van der Waals surface area contributed by atoms with Gasteiger partial charge in [-0.25, -0.2) is 4.39 Å². The average molecular weight is 401 g/mol. The number of hydrogen-bond donors (Lipinski definition) is 0. The molecule has 2 aliphatic carbocycles. The predicted molar refractivity (Wildman–Crippen MR) is 121 cm³/mol. The summed E-state index contributed by atoms with van der Waals surface area (Å²) < 4.78 is 19.3. The van der Waals surface area contributed by atoms with Crippen LogP contribution in [0.25, 0.3) is 0 Å². The number of ether oxygens (including phenoxy) is 1. The van der Waals surface area contributed by atoms with E-state index in [-0.39, 0.29) is 5.82 Å². The summed E-state index contributed by atoms with van der Waals surface area (Å²) >= 11 is 0. The molecule has 2 aliphatic rings. The van der Waals surface area contributed by atoms with E-state index >= 15 is 0 Å². The van der Waals surface area contributed by atoms with Gasteiger partial charge >= 0.3 is 0 Å². The van der Waals surface area contributed by atoms with Crippen LogP contribution in [-0.2, 0) is 11.3 Å². The van der Waals surface area contributed by atoms with Gasteiger partial charge in [-0.05, 0) is 93.1 Å². The summed E-state index contributed by atoms with van der Waals surface area (Å²) in [5, 5.41) is 0. The van der Waals surface area contributed by atoms with Crippen LogP contribution in [0.15, 0.2) is 30.4 Å². The van der Waals surface area contributed by atoms with Crippen molar-refractivity contribution in [1.29, 1.82) is 0 Å². The van der Waals surface area contributed by atoms with E-state index in [4.69, 9.17) is 4.74 Å². The van der Waals surface area contributed by atoms with Crippen molar-refractivity contribution in [3.8, 4) is 0 Å². The largest absolute Gasteiger partial charge is 0.380 e. The van der Waals surface area contributed by atoms with E-state index in [1.165, 1.54) is 82.6 Å². The maximum atomic E-state index is 14.2. The first-order valence-corrected chi connectivity index (χ1v) is 12.1. The highest BCUT2D eigenvalue weighted by Gasteiger charge is 2.25. The van der Waals surface area contributed by atoms with Crippen LogP contribution in [0.1, 0.15) is 101 Å². The molecule has 0 amide bonds. The summed E-state index contributed by atoms with van der Waals surface area (Å²) in [6.07, 6.45) is 21.0. The van der Waals surface area contributed by atoms with Crippen LogP contribution in [0.2, 0.25) is 0 Å². The van der Waals surface area contributed by atoms with E-state index in [0.717, 1.165) is 17.8 Å². The van der Waals surface area contributed by atoms with Gasteiger partial charge in [0.15, 0.2) is 0 Å². The van der Waals surface area contributed by atoms with Crippen LogP contribution < -0.4 is 0 Å². The average Bonchev–Trinajstić information content (AvgIpc) is 2.75. The number of hydrogen-bond acceptors (Lipinski definition) is 1. The van der Waals surface area contributed by atoms with Crippen LogP contribution in [0.5, 0.6) is 0 Å². The number of benzene rings is 1. The first-order valence-electron chi connectivity index (χ1n) is 12.1. The third kappa shape index (κ3) is 6.95. The van der Waals surface area contributed by atoms with Gasteiger partial charge in [-0.2, -0.15) is 0 Å². The smallest absolute Gasteiger partial charge is 0.129 e. The second-order valence-corrected chi connectivity index (χ2v) is 9.58. The number of unbranched alkanes of at least 4 members (excludes halogenated alkanes) is 1. The zero-order valence-corrected chi connectivity index (χ0v) is 18.7. The Hall–Kier alpha value is -1.15. The highest BCUT2D eigenvalue weighted by atomic mass is 19.1. The summed E-state index contributed by atoms with van der Waals surface area (Å²) in [6, 6.07) is 5.79. The van der Waals surface area contributed by atoms with Crippen molar-refractivity contribution < 1.29 is 9.13 Å². The van der Waals surface area contributed by atoms with E-state index < -0.39 is 0 Å². The van der Waals surface area contributed by atoms with Crippen LogP contribution >= 0.6 is 0 Å².